The van der Waals surface area contributed by atoms with Crippen LogP contribution in [0.25, 0.3) is 0 Å². The molecule has 1 aromatic rings. The second-order valence-electron chi connectivity index (χ2n) is 5.32. The number of hydrogen-bond acceptors (Lipinski definition) is 3. The van der Waals surface area contributed by atoms with Crippen molar-refractivity contribution < 1.29 is 9.90 Å². The third kappa shape index (κ3) is 3.14. The maximum atomic E-state index is 12.5. The fraction of sp³-hybridized carbons (Fsp3) is 0.533. The number of aliphatic hydroxyl groups excluding tert-OH is 1. The summed E-state index contributed by atoms with van der Waals surface area (Å²) in [4.78, 5) is 14.3. The quantitative estimate of drug-likeness (QED) is 0.852. The highest BCUT2D eigenvalue weighted by molar-refractivity contribution is 5.84. The van der Waals surface area contributed by atoms with E-state index in [2.05, 4.69) is 0 Å². The third-order valence-electron chi connectivity index (χ3n) is 3.97. The number of nitrogens with zero attached hydrogens (tertiary/aromatic N) is 1. The van der Waals surface area contributed by atoms with E-state index in [0.29, 0.717) is 19.6 Å². The number of aliphatic hydroxyl groups is 1. The second-order valence-corrected chi connectivity index (χ2v) is 5.32. The molecule has 1 aliphatic rings. The maximum Gasteiger partial charge on any atom is 0.231 e. The van der Waals surface area contributed by atoms with Crippen LogP contribution in [0.2, 0.25) is 0 Å². The number of carbonyl (C=O) groups excluding carboxylic acids is 1. The van der Waals surface area contributed by atoms with Gasteiger partial charge in [-0.3, -0.25) is 4.79 Å². The Morgan fingerprint density at radius 2 is 2.16 bits per heavy atom. The summed E-state index contributed by atoms with van der Waals surface area (Å²) in [6.45, 7) is 3.44. The minimum absolute atomic E-state index is 0.0275. The monoisotopic (exact) mass is 262 g/mol. The van der Waals surface area contributed by atoms with Crippen LogP contribution >= 0.6 is 0 Å². The molecule has 0 bridgehead atoms. The number of benzene rings is 1. The Hall–Kier alpha value is -1.39. The lowest BCUT2D eigenvalue weighted by molar-refractivity contribution is -0.136. The first kappa shape index (κ1) is 14.0. The van der Waals surface area contributed by atoms with E-state index in [1.807, 2.05) is 37.3 Å². The number of carbonyl (C=O) groups is 1. The lowest BCUT2D eigenvalue weighted by atomic mass is 9.93. The molecule has 0 saturated carbocycles. The van der Waals surface area contributed by atoms with Crippen molar-refractivity contribution in [1.29, 1.82) is 0 Å². The van der Waals surface area contributed by atoms with Crippen LogP contribution in [-0.2, 0) is 4.79 Å². The average Bonchev–Trinajstić information content (AvgIpc) is 2.44. The van der Waals surface area contributed by atoms with E-state index >= 15 is 0 Å². The molecule has 1 fully saturated rings. The van der Waals surface area contributed by atoms with Gasteiger partial charge in [-0.1, -0.05) is 37.3 Å². The summed E-state index contributed by atoms with van der Waals surface area (Å²) in [5.41, 5.74) is 6.71. The fourth-order valence-corrected chi connectivity index (χ4v) is 2.53. The normalized spacial score (nSPS) is 25.1. The highest BCUT2D eigenvalue weighted by atomic mass is 16.3. The Bertz CT molecular complexity index is 421. The molecule has 3 unspecified atom stereocenters. The van der Waals surface area contributed by atoms with Crippen LogP contribution in [0.4, 0.5) is 0 Å². The van der Waals surface area contributed by atoms with Gasteiger partial charge < -0.3 is 15.7 Å². The highest BCUT2D eigenvalue weighted by Crippen LogP contribution is 2.22. The zero-order chi connectivity index (χ0) is 13.8. The molecular weight excluding hydrogens is 240 g/mol. The van der Waals surface area contributed by atoms with Crippen LogP contribution in [0.1, 0.15) is 24.8 Å². The number of rotatable bonds is 3. The zero-order valence-corrected chi connectivity index (χ0v) is 11.3. The number of β-amino-alcohol motifs (C(OH)–C–C–N with tert-alkyl or cyclic N) is 1. The van der Waals surface area contributed by atoms with Gasteiger partial charge in [0.15, 0.2) is 0 Å². The molecule has 2 rings (SSSR count). The Morgan fingerprint density at radius 1 is 1.47 bits per heavy atom. The van der Waals surface area contributed by atoms with Crippen molar-refractivity contribution in [3.63, 3.8) is 0 Å². The van der Waals surface area contributed by atoms with Crippen molar-refractivity contribution in [3.8, 4) is 0 Å². The van der Waals surface area contributed by atoms with Gasteiger partial charge in [0, 0.05) is 19.6 Å². The predicted molar refractivity (Wildman–Crippen MR) is 74.6 cm³/mol. The molecule has 0 aromatic heterocycles. The molecular formula is C15H22N2O2. The zero-order valence-electron chi connectivity index (χ0n) is 11.3. The first-order chi connectivity index (χ1) is 9.13. The molecule has 1 amide bonds. The minimum Gasteiger partial charge on any atom is -0.391 e. The Labute approximate surface area is 114 Å². The summed E-state index contributed by atoms with van der Waals surface area (Å²) >= 11 is 0. The molecule has 1 aromatic carbocycles. The van der Waals surface area contributed by atoms with Crippen molar-refractivity contribution in [2.24, 2.45) is 11.7 Å². The van der Waals surface area contributed by atoms with Gasteiger partial charge in [0.05, 0.1) is 12.0 Å². The third-order valence-corrected chi connectivity index (χ3v) is 3.97. The summed E-state index contributed by atoms with van der Waals surface area (Å²) in [5.74, 6) is -0.0152. The summed E-state index contributed by atoms with van der Waals surface area (Å²) in [7, 11) is 0. The van der Waals surface area contributed by atoms with E-state index in [1.54, 1.807) is 4.90 Å². The first-order valence-corrected chi connectivity index (χ1v) is 6.85. The van der Waals surface area contributed by atoms with Crippen molar-refractivity contribution in [2.75, 3.05) is 19.6 Å². The topological polar surface area (TPSA) is 66.6 Å². The molecule has 4 nitrogen and oxygen atoms in total. The fourth-order valence-electron chi connectivity index (χ4n) is 2.53. The average molecular weight is 262 g/mol. The molecule has 0 aliphatic carbocycles. The van der Waals surface area contributed by atoms with Gasteiger partial charge in [0.2, 0.25) is 5.91 Å². The first-order valence-electron chi connectivity index (χ1n) is 6.85. The van der Waals surface area contributed by atoms with Crippen molar-refractivity contribution in [2.45, 2.75) is 25.4 Å². The van der Waals surface area contributed by atoms with E-state index in [-0.39, 0.29) is 17.7 Å². The van der Waals surface area contributed by atoms with Crippen LogP contribution in [0.15, 0.2) is 30.3 Å². The predicted octanol–water partition coefficient (Wildman–Crippen LogP) is 0.958. The van der Waals surface area contributed by atoms with Gasteiger partial charge in [-0.25, -0.2) is 0 Å². The van der Waals surface area contributed by atoms with Gasteiger partial charge in [-0.15, -0.1) is 0 Å². The second kappa shape index (κ2) is 6.17. The van der Waals surface area contributed by atoms with Crippen LogP contribution in [0.3, 0.4) is 0 Å². The van der Waals surface area contributed by atoms with Gasteiger partial charge in [-0.2, -0.15) is 0 Å². The smallest absolute Gasteiger partial charge is 0.231 e. The Kier molecular flexibility index (Phi) is 4.56. The summed E-state index contributed by atoms with van der Waals surface area (Å²) in [5, 5.41) is 9.90. The molecule has 4 heteroatoms. The molecule has 1 aliphatic heterocycles. The van der Waals surface area contributed by atoms with Gasteiger partial charge >= 0.3 is 0 Å². The number of likely N-dealkylation sites (tertiary alicyclic amines) is 1. The molecule has 1 heterocycles. The SMILES string of the molecule is CC1CCN(C(=O)C(CN)c2ccccc2)CC1O. The molecule has 104 valence electrons. The maximum absolute atomic E-state index is 12.5. The van der Waals surface area contributed by atoms with Crippen LogP contribution in [-0.4, -0.2) is 41.7 Å². The number of piperidine rings is 1. The van der Waals surface area contributed by atoms with E-state index < -0.39 is 6.10 Å². The van der Waals surface area contributed by atoms with E-state index in [0.717, 1.165) is 12.0 Å². The number of amides is 1. The Morgan fingerprint density at radius 3 is 2.74 bits per heavy atom. The highest BCUT2D eigenvalue weighted by Gasteiger charge is 2.31. The van der Waals surface area contributed by atoms with Crippen molar-refractivity contribution in [1.82, 2.24) is 4.90 Å². The van der Waals surface area contributed by atoms with E-state index in [9.17, 15) is 9.90 Å². The Balaban J connectivity index is 2.09. The van der Waals surface area contributed by atoms with Crippen molar-refractivity contribution >= 4 is 5.91 Å². The largest absolute Gasteiger partial charge is 0.391 e. The van der Waals surface area contributed by atoms with Crippen LogP contribution < -0.4 is 5.73 Å². The lowest BCUT2D eigenvalue weighted by Crippen LogP contribution is -2.48. The minimum atomic E-state index is -0.424. The van der Waals surface area contributed by atoms with Gasteiger partial charge in [0.1, 0.15) is 0 Å². The van der Waals surface area contributed by atoms with Gasteiger partial charge in [0.25, 0.3) is 0 Å². The summed E-state index contributed by atoms with van der Waals surface area (Å²) in [6, 6.07) is 9.61. The van der Waals surface area contributed by atoms with Crippen LogP contribution in [0.5, 0.6) is 0 Å². The van der Waals surface area contributed by atoms with E-state index in [4.69, 9.17) is 5.73 Å². The molecule has 19 heavy (non-hydrogen) atoms. The molecule has 1 saturated heterocycles. The lowest BCUT2D eigenvalue weighted by Gasteiger charge is -2.36. The van der Waals surface area contributed by atoms with Gasteiger partial charge in [-0.05, 0) is 17.9 Å². The summed E-state index contributed by atoms with van der Waals surface area (Å²) < 4.78 is 0. The number of nitrogens with two attached hydrogens (primary N) is 1. The molecule has 3 N–H and O–H groups in total. The van der Waals surface area contributed by atoms with E-state index in [1.165, 1.54) is 0 Å². The van der Waals surface area contributed by atoms with Crippen LogP contribution in [0, 0.1) is 5.92 Å². The molecule has 3 atom stereocenters. The standard InChI is InChI=1S/C15H22N2O2/c1-11-7-8-17(10-14(11)18)15(19)13(9-16)12-5-3-2-4-6-12/h2-6,11,13-14,18H,7-10,16H2,1H3. The molecule has 0 spiro atoms. The molecule has 0 radical (unpaired) electrons. The number of hydrogen-bond donors (Lipinski definition) is 2. The van der Waals surface area contributed by atoms with Crippen molar-refractivity contribution in [3.05, 3.63) is 35.9 Å². The summed E-state index contributed by atoms with van der Waals surface area (Å²) in [6.07, 6.45) is 0.422.